The highest BCUT2D eigenvalue weighted by molar-refractivity contribution is 7.98. The van der Waals surface area contributed by atoms with Gasteiger partial charge in [0.2, 0.25) is 33.7 Å². The number of urea groups is 1. The van der Waals surface area contributed by atoms with Gasteiger partial charge < -0.3 is 46.2 Å². The Labute approximate surface area is 342 Å². The minimum absolute atomic E-state index is 0.00156. The number of Topliss-reactive ketones (excluding diaryl/α,β-unsaturated/α-hetero) is 1. The molecule has 0 radical (unpaired) electrons. The number of anilines is 3. The molecule has 2 aromatic carbocycles. The van der Waals surface area contributed by atoms with Gasteiger partial charge >= 0.3 is 12.0 Å². The number of ether oxygens (including phenoxy) is 1. The molecule has 2 rings (SSSR count). The van der Waals surface area contributed by atoms with E-state index in [1.807, 2.05) is 13.2 Å². The van der Waals surface area contributed by atoms with E-state index >= 15 is 0 Å². The summed E-state index contributed by atoms with van der Waals surface area (Å²) < 4.78 is 28.3. The number of sulfonamides is 1. The number of carboxylic acids is 1. The van der Waals surface area contributed by atoms with Crippen LogP contribution < -0.4 is 31.7 Å². The molecule has 0 bridgehead atoms. The van der Waals surface area contributed by atoms with Crippen molar-refractivity contribution in [3.8, 4) is 0 Å². The highest BCUT2D eigenvalue weighted by atomic mass is 32.2. The van der Waals surface area contributed by atoms with E-state index in [9.17, 15) is 47.1 Å². The normalized spacial score (nSPS) is 12.7. The van der Waals surface area contributed by atoms with Crippen LogP contribution in [0.3, 0.4) is 0 Å². The van der Waals surface area contributed by atoms with Gasteiger partial charge in [-0.1, -0.05) is 6.07 Å². The number of benzene rings is 2. The minimum Gasteiger partial charge on any atom is -0.481 e. The summed E-state index contributed by atoms with van der Waals surface area (Å²) in [6.45, 7) is 1.97. The van der Waals surface area contributed by atoms with Crippen molar-refractivity contribution in [2.24, 2.45) is 5.14 Å². The summed E-state index contributed by atoms with van der Waals surface area (Å²) in [5.41, 5.74) is 1.08. The number of carbonyl (C=O) groups excluding carboxylic acids is 6. The lowest BCUT2D eigenvalue weighted by atomic mass is 10.1. The fourth-order valence-corrected chi connectivity index (χ4v) is 6.53. The molecule has 8 N–H and O–H groups in total. The smallest absolute Gasteiger partial charge is 0.323 e. The van der Waals surface area contributed by atoms with Crippen molar-refractivity contribution in [2.75, 3.05) is 68.9 Å². The molecule has 0 saturated heterocycles. The molecular weight excluding hydrogens is 797 g/mol. The molecule has 0 spiro atoms. The van der Waals surface area contributed by atoms with Gasteiger partial charge in [-0.25, -0.2) is 18.4 Å². The van der Waals surface area contributed by atoms with E-state index in [1.54, 1.807) is 25.2 Å². The van der Waals surface area contributed by atoms with Crippen LogP contribution in [0, 0.1) is 0 Å². The number of primary sulfonamides is 1. The Bertz CT molecular complexity index is 1850. The highest BCUT2D eigenvalue weighted by Crippen LogP contribution is 2.18. The Morgan fingerprint density at radius 3 is 2.07 bits per heavy atom. The van der Waals surface area contributed by atoms with Gasteiger partial charge in [0, 0.05) is 81.8 Å². The molecule has 3 atom stereocenters. The predicted octanol–water partition coefficient (Wildman–Crippen LogP) is 1.67. The van der Waals surface area contributed by atoms with E-state index in [2.05, 4.69) is 26.6 Å². The highest BCUT2D eigenvalue weighted by Gasteiger charge is 2.35. The zero-order chi connectivity index (χ0) is 43.4. The van der Waals surface area contributed by atoms with Crippen molar-refractivity contribution in [3.63, 3.8) is 0 Å². The van der Waals surface area contributed by atoms with Crippen LogP contribution in [0.2, 0.25) is 0 Å². The Balaban J connectivity index is 1.68. The predicted molar refractivity (Wildman–Crippen MR) is 220 cm³/mol. The molecule has 0 saturated carbocycles. The number of carbonyl (C=O) groups is 7. The van der Waals surface area contributed by atoms with Crippen LogP contribution in [0.4, 0.5) is 21.9 Å². The number of aliphatic carboxylic acids is 1. The molecule has 0 aliphatic heterocycles. The molecule has 21 heteroatoms. The largest absolute Gasteiger partial charge is 0.481 e. The number of hydrogen-bond donors (Lipinski definition) is 7. The fraction of sp³-hybridized carbons (Fsp3) is 0.486. The maximum Gasteiger partial charge on any atom is 0.323 e. The van der Waals surface area contributed by atoms with Crippen LogP contribution in [0.15, 0.2) is 53.4 Å². The van der Waals surface area contributed by atoms with Crippen LogP contribution in [-0.4, -0.2) is 136 Å². The van der Waals surface area contributed by atoms with Crippen molar-refractivity contribution in [1.29, 1.82) is 0 Å². The quantitative estimate of drug-likeness (QED) is 0.0702. The Hall–Kier alpha value is -5.09. The molecule has 0 fully saturated rings. The van der Waals surface area contributed by atoms with Crippen molar-refractivity contribution in [3.05, 3.63) is 48.5 Å². The van der Waals surface area contributed by atoms with Crippen molar-refractivity contribution < 1.29 is 51.8 Å². The van der Waals surface area contributed by atoms with Gasteiger partial charge in [0.25, 0.3) is 0 Å². The molecule has 0 aromatic heterocycles. The van der Waals surface area contributed by atoms with Gasteiger partial charge in [-0.15, -0.1) is 0 Å². The molecule has 0 aliphatic carbocycles. The maximum atomic E-state index is 13.2. The topological polar surface area (TPSA) is 276 Å². The van der Waals surface area contributed by atoms with Crippen LogP contribution in [0.5, 0.6) is 0 Å². The molecule has 0 heterocycles. The lowest BCUT2D eigenvalue weighted by Gasteiger charge is -2.34. The first kappa shape index (κ1) is 49.1. The lowest BCUT2D eigenvalue weighted by Crippen LogP contribution is -2.57. The molecule has 0 aliphatic rings. The second-order valence-corrected chi connectivity index (χ2v) is 15.7. The Morgan fingerprint density at radius 1 is 0.828 bits per heavy atom. The average molecular weight is 851 g/mol. The van der Waals surface area contributed by atoms with Gasteiger partial charge in [-0.2, -0.15) is 11.8 Å². The van der Waals surface area contributed by atoms with E-state index in [-0.39, 0.29) is 62.2 Å². The average Bonchev–Trinajstić information content (AvgIpc) is 3.16. The number of nitrogens with two attached hydrogens (primary N) is 1. The number of amides is 6. The van der Waals surface area contributed by atoms with Gasteiger partial charge in [0.15, 0.2) is 0 Å². The molecule has 58 heavy (non-hydrogen) atoms. The third-order valence-electron chi connectivity index (χ3n) is 8.73. The molecule has 19 nitrogen and oxygen atoms in total. The Morgan fingerprint density at radius 2 is 1.47 bits per heavy atom. The summed E-state index contributed by atoms with van der Waals surface area (Å²) in [5, 5.41) is 27.8. The first-order valence-corrected chi connectivity index (χ1v) is 21.2. The van der Waals surface area contributed by atoms with E-state index in [4.69, 9.17) is 9.88 Å². The van der Waals surface area contributed by atoms with Gasteiger partial charge in [0.1, 0.15) is 17.9 Å². The summed E-state index contributed by atoms with van der Waals surface area (Å²) in [6.07, 6.45) is 1.76. The standard InChI is InChI=1S/C37H54N8O11S2/c1-24(23-57-5)44(3)36(52)31(21-34(49)50)45(4)35(51)30(39-2)22-40-32(47)17-19-56-18-7-10-28(46)13-16-33(48)41-26-8-6-9-27(20-26)43-37(53)42-25-11-14-29(15-12-25)58(38,54)55/h6,8-9,11-12,14-15,20,24,30-31,39H,7,10,13,16-19,21-23H2,1-5H3,(H,40,47)(H,41,48)(H,49,50)(H2,38,54,55)(H2,42,43,53)/t24-,30+,31+/m1/s1. The van der Waals surface area contributed by atoms with E-state index in [1.165, 1.54) is 61.1 Å². The summed E-state index contributed by atoms with van der Waals surface area (Å²) in [5.74, 6) is -2.62. The molecule has 2 aromatic rings. The molecule has 0 unspecified atom stereocenters. The summed E-state index contributed by atoms with van der Waals surface area (Å²) in [4.78, 5) is 90.1. The SMILES string of the molecule is CN[C@@H](CNC(=O)CCOCCCC(=O)CCC(=O)Nc1cccc(NC(=O)Nc2ccc(S(N)(=O)=O)cc2)c1)C(=O)N(C)[C@@H](CC(=O)O)C(=O)N(C)[C@H](C)CSC. The maximum absolute atomic E-state index is 13.2. The number of ketones is 1. The molecule has 6 amide bonds. The van der Waals surface area contributed by atoms with Crippen molar-refractivity contribution in [1.82, 2.24) is 20.4 Å². The number of hydrogen-bond acceptors (Lipinski definition) is 12. The summed E-state index contributed by atoms with van der Waals surface area (Å²) in [6, 6.07) is 8.67. The minimum atomic E-state index is -3.87. The van der Waals surface area contributed by atoms with Crippen LogP contribution >= 0.6 is 11.8 Å². The Kier molecular flexibility index (Phi) is 20.8. The number of nitrogens with zero attached hydrogens (tertiary/aromatic N) is 2. The zero-order valence-corrected chi connectivity index (χ0v) is 34.9. The number of nitrogens with one attached hydrogen (secondary N) is 5. The van der Waals surface area contributed by atoms with Gasteiger partial charge in [-0.3, -0.25) is 28.8 Å². The zero-order valence-electron chi connectivity index (χ0n) is 33.2. The van der Waals surface area contributed by atoms with Gasteiger partial charge in [0.05, 0.1) is 17.9 Å². The number of rotatable bonds is 25. The van der Waals surface area contributed by atoms with E-state index in [0.29, 0.717) is 29.2 Å². The van der Waals surface area contributed by atoms with E-state index in [0.717, 1.165) is 4.90 Å². The third kappa shape index (κ3) is 17.6. The van der Waals surface area contributed by atoms with Crippen LogP contribution in [-0.2, 0) is 43.5 Å². The van der Waals surface area contributed by atoms with Crippen LogP contribution in [0.1, 0.15) is 45.4 Å². The monoisotopic (exact) mass is 850 g/mol. The molecular formula is C37H54N8O11S2. The van der Waals surface area contributed by atoms with E-state index < -0.39 is 64.2 Å². The number of thioether (sulfide) groups is 1. The second kappa shape index (κ2) is 24.6. The number of likely N-dealkylation sites (N-methyl/N-ethyl adjacent to an activating group) is 3. The lowest BCUT2D eigenvalue weighted by molar-refractivity contribution is -0.150. The second-order valence-electron chi connectivity index (χ2n) is 13.2. The van der Waals surface area contributed by atoms with Crippen LogP contribution in [0.25, 0.3) is 0 Å². The van der Waals surface area contributed by atoms with Crippen molar-refractivity contribution >= 4 is 80.3 Å². The van der Waals surface area contributed by atoms with Crippen molar-refractivity contribution in [2.45, 2.75) is 68.5 Å². The van der Waals surface area contributed by atoms with Gasteiger partial charge in [-0.05, 0) is 69.1 Å². The number of carboxylic acid groups (broad SMARTS) is 1. The molecule has 320 valence electrons. The first-order valence-electron chi connectivity index (χ1n) is 18.2. The summed E-state index contributed by atoms with van der Waals surface area (Å²) >= 11 is 1.53. The first-order chi connectivity index (χ1) is 27.4. The third-order valence-corrected chi connectivity index (χ3v) is 10.5. The fourth-order valence-electron chi connectivity index (χ4n) is 5.31. The summed E-state index contributed by atoms with van der Waals surface area (Å²) in [7, 11) is 0.567.